The van der Waals surface area contributed by atoms with E-state index in [1.807, 2.05) is 6.92 Å². The second-order valence-electron chi connectivity index (χ2n) is 6.28. The van der Waals surface area contributed by atoms with Crippen molar-refractivity contribution in [2.45, 2.75) is 51.2 Å². The average molecular weight is 290 g/mol. The van der Waals surface area contributed by atoms with Crippen LogP contribution in [0, 0.1) is 6.92 Å². The first-order valence-electron chi connectivity index (χ1n) is 8.12. The van der Waals surface area contributed by atoms with Gasteiger partial charge >= 0.3 is 0 Å². The third-order valence-electron chi connectivity index (χ3n) is 4.77. The SMILES string of the molecule is CCN[C@@H]1CCOC2(CCN(c3cc(C)ncn3)CC2)C1. The summed E-state index contributed by atoms with van der Waals surface area (Å²) in [5.41, 5.74) is 1.12. The lowest BCUT2D eigenvalue weighted by molar-refractivity contribution is -0.102. The van der Waals surface area contributed by atoms with Gasteiger partial charge in [0.2, 0.25) is 0 Å². The Bertz CT molecular complexity index is 469. The molecule has 3 rings (SSSR count). The highest BCUT2D eigenvalue weighted by Gasteiger charge is 2.40. The topological polar surface area (TPSA) is 50.3 Å². The van der Waals surface area contributed by atoms with Crippen LogP contribution < -0.4 is 10.2 Å². The molecule has 1 atom stereocenters. The van der Waals surface area contributed by atoms with E-state index in [-0.39, 0.29) is 5.60 Å². The van der Waals surface area contributed by atoms with Gasteiger partial charge in [0.05, 0.1) is 5.60 Å². The first-order valence-corrected chi connectivity index (χ1v) is 8.12. The Hall–Kier alpha value is -1.20. The molecule has 5 heteroatoms. The van der Waals surface area contributed by atoms with Gasteiger partial charge in [-0.3, -0.25) is 0 Å². The number of nitrogens with one attached hydrogen (secondary N) is 1. The number of nitrogens with zero attached hydrogens (tertiary/aromatic N) is 3. The lowest BCUT2D eigenvalue weighted by Crippen LogP contribution is -2.53. The average Bonchev–Trinajstić information content (AvgIpc) is 2.48. The van der Waals surface area contributed by atoms with Crippen LogP contribution in [0.25, 0.3) is 0 Å². The minimum absolute atomic E-state index is 0.0870. The Morgan fingerprint density at radius 1 is 1.38 bits per heavy atom. The first kappa shape index (κ1) is 14.7. The Morgan fingerprint density at radius 2 is 2.19 bits per heavy atom. The van der Waals surface area contributed by atoms with Crippen molar-refractivity contribution in [1.82, 2.24) is 15.3 Å². The van der Waals surface area contributed by atoms with Gasteiger partial charge in [0.15, 0.2) is 0 Å². The summed E-state index contributed by atoms with van der Waals surface area (Å²) in [6, 6.07) is 2.69. The molecule has 1 N–H and O–H groups in total. The molecule has 2 saturated heterocycles. The van der Waals surface area contributed by atoms with Crippen molar-refractivity contribution in [1.29, 1.82) is 0 Å². The molecular formula is C16H26N4O. The lowest BCUT2D eigenvalue weighted by atomic mass is 9.82. The van der Waals surface area contributed by atoms with Gasteiger partial charge in [0.25, 0.3) is 0 Å². The van der Waals surface area contributed by atoms with Crippen LogP contribution in [0.4, 0.5) is 5.82 Å². The van der Waals surface area contributed by atoms with Gasteiger partial charge in [-0.15, -0.1) is 0 Å². The van der Waals surface area contributed by atoms with Crippen molar-refractivity contribution in [2.24, 2.45) is 0 Å². The molecule has 21 heavy (non-hydrogen) atoms. The Balaban J connectivity index is 1.61. The quantitative estimate of drug-likeness (QED) is 0.921. The van der Waals surface area contributed by atoms with E-state index in [1.54, 1.807) is 6.33 Å². The molecular weight excluding hydrogens is 264 g/mol. The fourth-order valence-electron chi connectivity index (χ4n) is 3.60. The fourth-order valence-corrected chi connectivity index (χ4v) is 3.60. The molecule has 3 heterocycles. The monoisotopic (exact) mass is 290 g/mol. The number of piperidine rings is 1. The van der Waals surface area contributed by atoms with Gasteiger partial charge < -0.3 is 15.0 Å². The summed E-state index contributed by atoms with van der Waals surface area (Å²) < 4.78 is 6.19. The number of hydrogen-bond acceptors (Lipinski definition) is 5. The fraction of sp³-hybridized carbons (Fsp3) is 0.750. The molecule has 2 fully saturated rings. The van der Waals surface area contributed by atoms with E-state index < -0.39 is 0 Å². The maximum atomic E-state index is 6.19. The molecule has 116 valence electrons. The third kappa shape index (κ3) is 3.35. The van der Waals surface area contributed by atoms with Crippen LogP contribution in [-0.4, -0.2) is 47.9 Å². The van der Waals surface area contributed by atoms with E-state index in [1.165, 1.54) is 0 Å². The summed E-state index contributed by atoms with van der Waals surface area (Å²) in [6.45, 7) is 8.19. The van der Waals surface area contributed by atoms with E-state index >= 15 is 0 Å². The molecule has 0 aromatic carbocycles. The molecule has 1 aromatic heterocycles. The minimum atomic E-state index is 0.0870. The van der Waals surface area contributed by atoms with Crippen LogP contribution in [0.3, 0.4) is 0 Å². The molecule has 2 aliphatic rings. The smallest absolute Gasteiger partial charge is 0.132 e. The summed E-state index contributed by atoms with van der Waals surface area (Å²) in [4.78, 5) is 10.9. The summed E-state index contributed by atoms with van der Waals surface area (Å²) in [5.74, 6) is 1.05. The molecule has 2 aliphatic heterocycles. The van der Waals surface area contributed by atoms with Crippen LogP contribution in [0.2, 0.25) is 0 Å². The van der Waals surface area contributed by atoms with Crippen LogP contribution in [0.5, 0.6) is 0 Å². The zero-order valence-corrected chi connectivity index (χ0v) is 13.1. The van der Waals surface area contributed by atoms with Gasteiger partial charge in [0, 0.05) is 37.5 Å². The molecule has 0 saturated carbocycles. The first-order chi connectivity index (χ1) is 10.2. The van der Waals surface area contributed by atoms with E-state index in [2.05, 4.69) is 33.2 Å². The predicted octanol–water partition coefficient (Wildman–Crippen LogP) is 1.91. The summed E-state index contributed by atoms with van der Waals surface area (Å²) in [7, 11) is 0. The maximum absolute atomic E-state index is 6.19. The van der Waals surface area contributed by atoms with Gasteiger partial charge in [-0.2, -0.15) is 0 Å². The molecule has 0 amide bonds. The second kappa shape index (κ2) is 6.28. The maximum Gasteiger partial charge on any atom is 0.132 e. The van der Waals surface area contributed by atoms with E-state index in [0.29, 0.717) is 6.04 Å². The van der Waals surface area contributed by atoms with E-state index in [0.717, 1.165) is 63.4 Å². The Kier molecular flexibility index (Phi) is 4.40. The minimum Gasteiger partial charge on any atom is -0.375 e. The van der Waals surface area contributed by atoms with E-state index in [4.69, 9.17) is 4.74 Å². The molecule has 0 unspecified atom stereocenters. The molecule has 0 bridgehead atoms. The number of ether oxygens (including phenoxy) is 1. The number of anilines is 1. The van der Waals surface area contributed by atoms with Gasteiger partial charge in [0.1, 0.15) is 12.1 Å². The van der Waals surface area contributed by atoms with Gasteiger partial charge in [-0.1, -0.05) is 6.92 Å². The number of rotatable bonds is 3. The Labute approximate surface area is 127 Å². The number of aryl methyl sites for hydroxylation is 1. The summed E-state index contributed by atoms with van der Waals surface area (Å²) in [5, 5.41) is 3.59. The van der Waals surface area contributed by atoms with Gasteiger partial charge in [-0.25, -0.2) is 9.97 Å². The second-order valence-corrected chi connectivity index (χ2v) is 6.28. The molecule has 0 aliphatic carbocycles. The Morgan fingerprint density at radius 3 is 2.90 bits per heavy atom. The van der Waals surface area contributed by atoms with Crippen molar-refractivity contribution < 1.29 is 4.74 Å². The number of hydrogen-bond donors (Lipinski definition) is 1. The predicted molar refractivity (Wildman–Crippen MR) is 83.6 cm³/mol. The molecule has 5 nitrogen and oxygen atoms in total. The van der Waals surface area contributed by atoms with Crippen molar-refractivity contribution in [3.05, 3.63) is 18.1 Å². The van der Waals surface area contributed by atoms with Crippen molar-refractivity contribution >= 4 is 5.82 Å². The van der Waals surface area contributed by atoms with Crippen molar-refractivity contribution in [3.8, 4) is 0 Å². The van der Waals surface area contributed by atoms with Crippen LogP contribution >= 0.6 is 0 Å². The lowest BCUT2D eigenvalue weighted by Gasteiger charge is -2.46. The largest absolute Gasteiger partial charge is 0.375 e. The van der Waals surface area contributed by atoms with E-state index in [9.17, 15) is 0 Å². The standard InChI is InChI=1S/C16H26N4O/c1-3-17-14-4-9-21-16(11-14)5-7-20(8-6-16)15-10-13(2)18-12-19-15/h10,12,14,17H,3-9,11H2,1-2H3/t14-/m1/s1. The molecule has 0 radical (unpaired) electrons. The van der Waals surface area contributed by atoms with Crippen LogP contribution in [-0.2, 0) is 4.74 Å². The zero-order valence-electron chi connectivity index (χ0n) is 13.1. The highest BCUT2D eigenvalue weighted by Crippen LogP contribution is 2.36. The van der Waals surface area contributed by atoms with Crippen molar-refractivity contribution in [2.75, 3.05) is 31.1 Å². The molecule has 1 aromatic rings. The van der Waals surface area contributed by atoms with Crippen molar-refractivity contribution in [3.63, 3.8) is 0 Å². The zero-order chi connectivity index (χ0) is 14.7. The normalized spacial score (nSPS) is 25.2. The highest BCUT2D eigenvalue weighted by atomic mass is 16.5. The molecule has 1 spiro atoms. The highest BCUT2D eigenvalue weighted by molar-refractivity contribution is 5.39. The van der Waals surface area contributed by atoms with Gasteiger partial charge in [-0.05, 0) is 39.2 Å². The summed E-state index contributed by atoms with van der Waals surface area (Å²) >= 11 is 0. The number of aromatic nitrogens is 2. The summed E-state index contributed by atoms with van der Waals surface area (Å²) in [6.07, 6.45) is 6.14. The van der Waals surface area contributed by atoms with Crippen LogP contribution in [0.15, 0.2) is 12.4 Å². The third-order valence-corrected chi connectivity index (χ3v) is 4.77. The van der Waals surface area contributed by atoms with Crippen LogP contribution in [0.1, 0.15) is 38.3 Å².